The average Bonchev–Trinajstić information content (AvgIpc) is 3.03. The Labute approximate surface area is 134 Å². The van der Waals surface area contributed by atoms with Crippen LogP contribution in [0.1, 0.15) is 40.0 Å². The maximum atomic E-state index is 13.8. The third-order valence-electron chi connectivity index (χ3n) is 4.16. The van der Waals surface area contributed by atoms with Gasteiger partial charge in [0.2, 0.25) is 0 Å². The maximum absolute atomic E-state index is 13.8. The van der Waals surface area contributed by atoms with Crippen LogP contribution in [0.25, 0.3) is 0 Å². The van der Waals surface area contributed by atoms with Crippen molar-refractivity contribution in [3.05, 3.63) is 65.7 Å². The zero-order valence-corrected chi connectivity index (χ0v) is 12.6. The molecule has 23 heavy (non-hydrogen) atoms. The quantitative estimate of drug-likeness (QED) is 0.815. The van der Waals surface area contributed by atoms with Gasteiger partial charge in [-0.3, -0.25) is 14.6 Å². The summed E-state index contributed by atoms with van der Waals surface area (Å²) >= 11 is 0. The molecule has 2 aromatic rings. The van der Waals surface area contributed by atoms with Crippen molar-refractivity contribution in [2.24, 2.45) is 0 Å². The van der Waals surface area contributed by atoms with Gasteiger partial charge < -0.3 is 4.90 Å². The number of halogens is 1. The van der Waals surface area contributed by atoms with E-state index in [1.165, 1.54) is 12.3 Å². The summed E-state index contributed by atoms with van der Waals surface area (Å²) in [4.78, 5) is 30.2. The zero-order chi connectivity index (χ0) is 16.2. The molecule has 118 valence electrons. The van der Waals surface area contributed by atoms with E-state index < -0.39 is 5.82 Å². The van der Waals surface area contributed by atoms with Crippen LogP contribution in [0.15, 0.2) is 48.8 Å². The first-order chi connectivity index (χ1) is 11.2. The van der Waals surface area contributed by atoms with Gasteiger partial charge >= 0.3 is 0 Å². The summed E-state index contributed by atoms with van der Waals surface area (Å²) in [7, 11) is 0. The monoisotopic (exact) mass is 312 g/mol. The SMILES string of the molecule is O=C(C[C@@H]1CCCN1C(=O)c1ccncc1F)c1ccccc1. The number of Topliss-reactive ketones (excluding diaryl/α,β-unsaturated/α-hetero) is 1. The largest absolute Gasteiger partial charge is 0.335 e. The van der Waals surface area contributed by atoms with Crippen LogP contribution in [-0.2, 0) is 0 Å². The van der Waals surface area contributed by atoms with E-state index >= 15 is 0 Å². The van der Waals surface area contributed by atoms with Crippen LogP contribution in [0.4, 0.5) is 4.39 Å². The van der Waals surface area contributed by atoms with Gasteiger partial charge in [-0.05, 0) is 18.9 Å². The summed E-state index contributed by atoms with van der Waals surface area (Å²) in [5, 5.41) is 0. The third kappa shape index (κ3) is 3.28. The van der Waals surface area contributed by atoms with Crippen molar-refractivity contribution in [1.82, 2.24) is 9.88 Å². The van der Waals surface area contributed by atoms with E-state index in [9.17, 15) is 14.0 Å². The first-order valence-corrected chi connectivity index (χ1v) is 7.65. The van der Waals surface area contributed by atoms with Crippen molar-refractivity contribution in [3.8, 4) is 0 Å². The van der Waals surface area contributed by atoms with E-state index in [1.807, 2.05) is 18.2 Å². The molecule has 0 N–H and O–H groups in total. The first kappa shape index (κ1) is 15.3. The summed E-state index contributed by atoms with van der Waals surface area (Å²) in [6, 6.07) is 10.2. The Morgan fingerprint density at radius 3 is 2.74 bits per heavy atom. The summed E-state index contributed by atoms with van der Waals surface area (Å²) in [5.74, 6) is -0.990. The molecule has 1 aliphatic rings. The topological polar surface area (TPSA) is 50.3 Å². The van der Waals surface area contributed by atoms with E-state index in [2.05, 4.69) is 4.98 Å². The van der Waals surface area contributed by atoms with Gasteiger partial charge in [-0.15, -0.1) is 0 Å². The second-order valence-corrected chi connectivity index (χ2v) is 5.64. The van der Waals surface area contributed by atoms with Gasteiger partial charge in [-0.25, -0.2) is 4.39 Å². The van der Waals surface area contributed by atoms with E-state index in [0.717, 1.165) is 19.0 Å². The summed E-state index contributed by atoms with van der Waals surface area (Å²) in [5.41, 5.74) is 0.654. The van der Waals surface area contributed by atoms with Gasteiger partial charge in [-0.1, -0.05) is 30.3 Å². The second-order valence-electron chi connectivity index (χ2n) is 5.64. The molecule has 0 aliphatic carbocycles. The molecule has 1 fully saturated rings. The highest BCUT2D eigenvalue weighted by molar-refractivity contribution is 5.98. The Balaban J connectivity index is 1.74. The second kappa shape index (κ2) is 6.69. The summed E-state index contributed by atoms with van der Waals surface area (Å²) < 4.78 is 13.8. The highest BCUT2D eigenvalue weighted by Gasteiger charge is 2.32. The predicted octanol–water partition coefficient (Wildman–Crippen LogP) is 3.10. The van der Waals surface area contributed by atoms with Crippen LogP contribution >= 0.6 is 0 Å². The molecule has 1 atom stereocenters. The van der Waals surface area contributed by atoms with Crippen LogP contribution in [0.3, 0.4) is 0 Å². The zero-order valence-electron chi connectivity index (χ0n) is 12.6. The van der Waals surface area contributed by atoms with Crippen molar-refractivity contribution in [2.75, 3.05) is 6.54 Å². The van der Waals surface area contributed by atoms with Crippen molar-refractivity contribution in [1.29, 1.82) is 0 Å². The molecular formula is C18H17FN2O2. The normalized spacial score (nSPS) is 17.3. The smallest absolute Gasteiger partial charge is 0.257 e. The number of ketones is 1. The average molecular weight is 312 g/mol. The highest BCUT2D eigenvalue weighted by atomic mass is 19.1. The molecule has 0 radical (unpaired) electrons. The number of carbonyl (C=O) groups excluding carboxylic acids is 2. The van der Waals surface area contributed by atoms with Gasteiger partial charge in [0.15, 0.2) is 11.6 Å². The molecule has 1 aromatic heterocycles. The van der Waals surface area contributed by atoms with Gasteiger partial charge in [0.05, 0.1) is 11.8 Å². The van der Waals surface area contributed by atoms with Gasteiger partial charge in [0, 0.05) is 30.8 Å². The van der Waals surface area contributed by atoms with Gasteiger partial charge in [-0.2, -0.15) is 0 Å². The number of aromatic nitrogens is 1. The van der Waals surface area contributed by atoms with Gasteiger partial charge in [0.1, 0.15) is 0 Å². The third-order valence-corrected chi connectivity index (χ3v) is 4.16. The molecule has 0 unspecified atom stereocenters. The molecule has 2 heterocycles. The van der Waals surface area contributed by atoms with Crippen LogP contribution < -0.4 is 0 Å². The number of pyridine rings is 1. The molecule has 0 bridgehead atoms. The Bertz CT molecular complexity index is 718. The fraction of sp³-hybridized carbons (Fsp3) is 0.278. The number of likely N-dealkylation sites (tertiary alicyclic amines) is 1. The minimum absolute atomic E-state index is 0.00509. The number of nitrogens with zero attached hydrogens (tertiary/aromatic N) is 2. The molecule has 4 nitrogen and oxygen atoms in total. The van der Waals surface area contributed by atoms with E-state index in [4.69, 9.17) is 0 Å². The standard InChI is InChI=1S/C18H17FN2O2/c19-16-12-20-9-8-15(16)18(23)21-10-4-7-14(21)11-17(22)13-5-2-1-3-6-13/h1-3,5-6,8-9,12,14H,4,7,10-11H2/t14-/m0/s1. The number of amides is 1. The van der Waals surface area contributed by atoms with Crippen molar-refractivity contribution in [3.63, 3.8) is 0 Å². The fourth-order valence-electron chi connectivity index (χ4n) is 2.97. The lowest BCUT2D eigenvalue weighted by Crippen LogP contribution is -2.37. The molecule has 1 amide bonds. The van der Waals surface area contributed by atoms with Crippen LogP contribution in [0.5, 0.6) is 0 Å². The van der Waals surface area contributed by atoms with Crippen molar-refractivity contribution in [2.45, 2.75) is 25.3 Å². The lowest BCUT2D eigenvalue weighted by molar-refractivity contribution is 0.0712. The van der Waals surface area contributed by atoms with Crippen LogP contribution in [-0.4, -0.2) is 34.2 Å². The number of benzene rings is 1. The molecule has 0 saturated carbocycles. The van der Waals surface area contributed by atoms with Crippen molar-refractivity contribution < 1.29 is 14.0 Å². The van der Waals surface area contributed by atoms with Gasteiger partial charge in [0.25, 0.3) is 5.91 Å². The Morgan fingerprint density at radius 1 is 1.22 bits per heavy atom. The molecule has 0 spiro atoms. The maximum Gasteiger partial charge on any atom is 0.257 e. The fourth-order valence-corrected chi connectivity index (χ4v) is 2.97. The predicted molar refractivity (Wildman–Crippen MR) is 83.6 cm³/mol. The van der Waals surface area contributed by atoms with Crippen LogP contribution in [0.2, 0.25) is 0 Å². The minimum atomic E-state index is -0.627. The minimum Gasteiger partial charge on any atom is -0.335 e. The first-order valence-electron chi connectivity index (χ1n) is 7.65. The number of hydrogen-bond donors (Lipinski definition) is 0. The van der Waals surface area contributed by atoms with Crippen LogP contribution in [0, 0.1) is 5.82 Å². The number of rotatable bonds is 4. The van der Waals surface area contributed by atoms with Crippen molar-refractivity contribution >= 4 is 11.7 Å². The number of hydrogen-bond acceptors (Lipinski definition) is 3. The molecule has 1 saturated heterocycles. The highest BCUT2D eigenvalue weighted by Crippen LogP contribution is 2.24. The lowest BCUT2D eigenvalue weighted by Gasteiger charge is -2.24. The summed E-state index contributed by atoms with van der Waals surface area (Å²) in [6.45, 7) is 0.549. The lowest BCUT2D eigenvalue weighted by atomic mass is 10.0. The molecule has 1 aromatic carbocycles. The van der Waals surface area contributed by atoms with E-state index in [1.54, 1.807) is 17.0 Å². The summed E-state index contributed by atoms with van der Waals surface area (Å²) in [6.07, 6.45) is 4.29. The molecular weight excluding hydrogens is 295 g/mol. The Hall–Kier alpha value is -2.56. The molecule has 5 heteroatoms. The Kier molecular flexibility index (Phi) is 4.46. The number of carbonyl (C=O) groups is 2. The van der Waals surface area contributed by atoms with E-state index in [-0.39, 0.29) is 29.7 Å². The Morgan fingerprint density at radius 2 is 2.00 bits per heavy atom. The molecule has 1 aliphatic heterocycles. The van der Waals surface area contributed by atoms with E-state index in [0.29, 0.717) is 12.1 Å². The molecule has 3 rings (SSSR count).